The number of likely N-dealkylation sites (N-methyl/N-ethyl adjacent to an activating group) is 1. The molecular formula is C30H31N7O. The van der Waals surface area contributed by atoms with Crippen molar-refractivity contribution >= 4 is 34.5 Å². The van der Waals surface area contributed by atoms with Crippen molar-refractivity contribution in [1.29, 1.82) is 5.26 Å². The summed E-state index contributed by atoms with van der Waals surface area (Å²) >= 11 is 0. The first-order chi connectivity index (χ1) is 18.5. The van der Waals surface area contributed by atoms with Gasteiger partial charge in [-0.15, -0.1) is 6.42 Å². The molecule has 0 radical (unpaired) electrons. The van der Waals surface area contributed by atoms with Gasteiger partial charge in [0.2, 0.25) is 5.91 Å². The Balaban J connectivity index is 1.56. The Morgan fingerprint density at radius 2 is 1.95 bits per heavy atom. The minimum Gasteiger partial charge on any atom is -0.380 e. The Kier molecular flexibility index (Phi) is 8.61. The van der Waals surface area contributed by atoms with Crippen LogP contribution in [-0.2, 0) is 11.3 Å². The van der Waals surface area contributed by atoms with Gasteiger partial charge in [0, 0.05) is 56.2 Å². The molecule has 1 aliphatic rings. The molecule has 0 spiro atoms. The average Bonchev–Trinajstić information content (AvgIpc) is 2.97. The highest BCUT2D eigenvalue weighted by Crippen LogP contribution is 2.31. The molecule has 2 aromatic carbocycles. The molecule has 4 rings (SSSR count). The molecule has 1 saturated heterocycles. The maximum absolute atomic E-state index is 12.2. The molecule has 0 bridgehead atoms. The highest BCUT2D eigenvalue weighted by atomic mass is 16.1. The molecule has 1 aromatic heterocycles. The number of nitrogens with one attached hydrogen (secondary N) is 3. The Labute approximate surface area is 224 Å². The molecule has 8 heteroatoms. The first kappa shape index (κ1) is 26.3. The van der Waals surface area contributed by atoms with Crippen molar-refractivity contribution in [3.05, 3.63) is 84.1 Å². The number of nitriles is 1. The first-order valence-corrected chi connectivity index (χ1v) is 12.5. The predicted octanol–water partition coefficient (Wildman–Crippen LogP) is 4.56. The number of carbonyl (C=O) groups is 1. The van der Waals surface area contributed by atoms with Crippen LogP contribution in [0.15, 0.2) is 67.4 Å². The van der Waals surface area contributed by atoms with Crippen LogP contribution in [0.5, 0.6) is 0 Å². The van der Waals surface area contributed by atoms with E-state index in [-0.39, 0.29) is 5.91 Å². The molecule has 0 aliphatic carbocycles. The van der Waals surface area contributed by atoms with Gasteiger partial charge < -0.3 is 25.8 Å². The number of hydrogen-bond donors (Lipinski definition) is 3. The molecule has 3 N–H and O–H groups in total. The zero-order valence-corrected chi connectivity index (χ0v) is 21.5. The van der Waals surface area contributed by atoms with Crippen molar-refractivity contribution in [2.75, 3.05) is 53.6 Å². The van der Waals surface area contributed by atoms with E-state index < -0.39 is 0 Å². The quantitative estimate of drug-likeness (QED) is 0.290. The lowest BCUT2D eigenvalue weighted by atomic mass is 10.1. The van der Waals surface area contributed by atoms with E-state index in [1.165, 1.54) is 12.3 Å². The molecule has 0 atom stereocenters. The van der Waals surface area contributed by atoms with Crippen LogP contribution >= 0.6 is 0 Å². The van der Waals surface area contributed by atoms with Crippen LogP contribution in [0.1, 0.15) is 23.6 Å². The number of carbonyl (C=O) groups excluding carboxylic acids is 1. The minimum atomic E-state index is -0.301. The maximum atomic E-state index is 12.2. The van der Waals surface area contributed by atoms with Crippen LogP contribution in [0.2, 0.25) is 0 Å². The van der Waals surface area contributed by atoms with Gasteiger partial charge in [0.25, 0.3) is 0 Å². The van der Waals surface area contributed by atoms with Gasteiger partial charge in [0.1, 0.15) is 11.9 Å². The van der Waals surface area contributed by atoms with Crippen LogP contribution in [-0.4, -0.2) is 48.5 Å². The largest absolute Gasteiger partial charge is 0.380 e. The summed E-state index contributed by atoms with van der Waals surface area (Å²) in [6.45, 7) is 11.1. The molecule has 0 unspecified atom stereocenters. The number of anilines is 5. The molecule has 1 fully saturated rings. The maximum Gasteiger partial charge on any atom is 0.247 e. The van der Waals surface area contributed by atoms with Gasteiger partial charge >= 0.3 is 0 Å². The summed E-state index contributed by atoms with van der Waals surface area (Å²) in [6.07, 6.45) is 8.28. The van der Waals surface area contributed by atoms with E-state index in [0.29, 0.717) is 35.0 Å². The Morgan fingerprint density at radius 1 is 1.13 bits per heavy atom. The summed E-state index contributed by atoms with van der Waals surface area (Å²) in [6, 6.07) is 17.6. The van der Waals surface area contributed by atoms with Gasteiger partial charge in [-0.1, -0.05) is 31.6 Å². The number of terminal acetylenes is 1. The second-order valence-electron chi connectivity index (χ2n) is 8.89. The van der Waals surface area contributed by atoms with E-state index in [1.54, 1.807) is 6.07 Å². The Hall–Kier alpha value is -4.79. The van der Waals surface area contributed by atoms with Crippen LogP contribution < -0.4 is 20.9 Å². The van der Waals surface area contributed by atoms with Crippen LogP contribution in [0, 0.1) is 23.7 Å². The van der Waals surface area contributed by atoms with Crippen LogP contribution in [0.3, 0.4) is 0 Å². The summed E-state index contributed by atoms with van der Waals surface area (Å²) in [5.41, 5.74) is 5.20. The second kappa shape index (κ2) is 12.4. The van der Waals surface area contributed by atoms with Crippen LogP contribution in [0.4, 0.5) is 28.6 Å². The molecule has 2 heterocycles. The zero-order chi connectivity index (χ0) is 26.9. The van der Waals surface area contributed by atoms with Gasteiger partial charge in [0.15, 0.2) is 0 Å². The van der Waals surface area contributed by atoms with E-state index in [2.05, 4.69) is 56.2 Å². The van der Waals surface area contributed by atoms with Gasteiger partial charge in [-0.25, -0.2) is 4.98 Å². The van der Waals surface area contributed by atoms with E-state index in [0.717, 1.165) is 49.5 Å². The number of nitrogens with zero attached hydrogens (tertiary/aromatic N) is 4. The average molecular weight is 506 g/mol. The van der Waals surface area contributed by atoms with Crippen molar-refractivity contribution in [2.24, 2.45) is 0 Å². The van der Waals surface area contributed by atoms with E-state index in [9.17, 15) is 10.1 Å². The fraction of sp³-hybridized carbons (Fsp3) is 0.233. The summed E-state index contributed by atoms with van der Waals surface area (Å²) in [5, 5.41) is 19.1. The zero-order valence-electron chi connectivity index (χ0n) is 21.5. The number of piperazine rings is 1. The summed E-state index contributed by atoms with van der Waals surface area (Å²) in [7, 11) is 0. The lowest BCUT2D eigenvalue weighted by molar-refractivity contribution is -0.111. The van der Waals surface area contributed by atoms with Crippen molar-refractivity contribution in [2.45, 2.75) is 13.5 Å². The van der Waals surface area contributed by atoms with Crippen molar-refractivity contribution in [3.63, 3.8) is 0 Å². The lowest BCUT2D eigenvalue weighted by Crippen LogP contribution is -2.46. The van der Waals surface area contributed by atoms with Crippen molar-refractivity contribution in [1.82, 2.24) is 9.88 Å². The number of benzene rings is 2. The highest BCUT2D eigenvalue weighted by Gasteiger charge is 2.18. The fourth-order valence-corrected chi connectivity index (χ4v) is 4.31. The normalized spacial score (nSPS) is 13.2. The van der Waals surface area contributed by atoms with Gasteiger partial charge in [-0.05, 0) is 48.5 Å². The number of amides is 1. The van der Waals surface area contributed by atoms with Crippen molar-refractivity contribution < 1.29 is 4.79 Å². The highest BCUT2D eigenvalue weighted by molar-refractivity contribution is 6.02. The monoisotopic (exact) mass is 505 g/mol. The number of pyridine rings is 1. The number of aromatic nitrogens is 1. The summed E-state index contributed by atoms with van der Waals surface area (Å²) in [4.78, 5) is 21.4. The van der Waals surface area contributed by atoms with Gasteiger partial charge in [-0.2, -0.15) is 5.26 Å². The fourth-order valence-electron chi connectivity index (χ4n) is 4.31. The molecule has 3 aromatic rings. The summed E-state index contributed by atoms with van der Waals surface area (Å²) in [5.74, 6) is 2.86. The molecule has 1 amide bonds. The van der Waals surface area contributed by atoms with E-state index in [4.69, 9.17) is 6.42 Å². The number of hydrogen-bond acceptors (Lipinski definition) is 7. The molecule has 1 aliphatic heterocycles. The van der Waals surface area contributed by atoms with E-state index in [1.807, 2.05) is 42.5 Å². The SMILES string of the molecule is C#Cc1cccc(CNc2cc(Nc3ccc(N4CCN(CC)CC4)cc3NC(=O)C=C)ncc2C#N)c1. The minimum absolute atomic E-state index is 0.301. The molecule has 0 saturated carbocycles. The number of rotatable bonds is 9. The summed E-state index contributed by atoms with van der Waals surface area (Å²) < 4.78 is 0. The van der Waals surface area contributed by atoms with Gasteiger partial charge in [-0.3, -0.25) is 4.79 Å². The van der Waals surface area contributed by atoms with Crippen molar-refractivity contribution in [3.8, 4) is 18.4 Å². The molecule has 192 valence electrons. The topological polar surface area (TPSA) is 96.3 Å². The standard InChI is InChI=1S/C30H31N7O/c1-4-22-8-7-9-23(16-22)20-32-27-18-29(33-21-24(27)19-31)34-26-11-10-25(17-28(26)35-30(38)5-2)37-14-12-36(6-3)13-15-37/h1,5,7-11,16-18,21H,2,6,12-15,20H2,3H3,(H,35,38)(H2,32,33,34). The third-order valence-electron chi connectivity index (χ3n) is 6.49. The van der Waals surface area contributed by atoms with Crippen LogP contribution in [0.25, 0.3) is 0 Å². The molecule has 38 heavy (non-hydrogen) atoms. The molecule has 8 nitrogen and oxygen atoms in total. The van der Waals surface area contributed by atoms with E-state index >= 15 is 0 Å². The van der Waals surface area contributed by atoms with Gasteiger partial charge in [0.05, 0.1) is 22.6 Å². The third-order valence-corrected chi connectivity index (χ3v) is 6.49. The second-order valence-corrected chi connectivity index (χ2v) is 8.89. The molecular weight excluding hydrogens is 474 g/mol. The third kappa shape index (κ3) is 6.50. The first-order valence-electron chi connectivity index (χ1n) is 12.5. The Morgan fingerprint density at radius 3 is 2.66 bits per heavy atom. The lowest BCUT2D eigenvalue weighted by Gasteiger charge is -2.35. The predicted molar refractivity (Wildman–Crippen MR) is 154 cm³/mol. The Bertz CT molecular complexity index is 1390. The smallest absolute Gasteiger partial charge is 0.247 e.